The Balaban J connectivity index is 2.28. The van der Waals surface area contributed by atoms with Crippen molar-refractivity contribution < 1.29 is 9.59 Å². The summed E-state index contributed by atoms with van der Waals surface area (Å²) in [6, 6.07) is 7.42. The Kier molecular flexibility index (Phi) is 4.71. The third-order valence-corrected chi connectivity index (χ3v) is 4.40. The first-order valence-electron chi connectivity index (χ1n) is 7.23. The molecular weight excluding hydrogens is 332 g/mol. The van der Waals surface area contributed by atoms with Crippen LogP contribution in [0.25, 0.3) is 0 Å². The third kappa shape index (κ3) is 3.28. The van der Waals surface area contributed by atoms with E-state index in [-0.39, 0.29) is 11.8 Å². The second-order valence-corrected chi connectivity index (χ2v) is 6.84. The molecule has 2 rings (SSSR count). The van der Waals surface area contributed by atoms with Crippen LogP contribution in [0, 0.1) is 0 Å². The smallest absolute Gasteiger partial charge is 0.246 e. The summed E-state index contributed by atoms with van der Waals surface area (Å²) in [4.78, 5) is 26.7. The van der Waals surface area contributed by atoms with Gasteiger partial charge in [-0.15, -0.1) is 0 Å². The van der Waals surface area contributed by atoms with Crippen molar-refractivity contribution >= 4 is 27.7 Å². The Bertz CT molecular complexity index is 557. The Hall–Kier alpha value is -1.36. The monoisotopic (exact) mass is 352 g/mol. The number of hydrogen-bond donors (Lipinski definition) is 1. The van der Waals surface area contributed by atoms with E-state index in [9.17, 15) is 9.59 Å². The molecule has 1 aromatic carbocycles. The molecule has 5 heteroatoms. The molecule has 2 amide bonds. The lowest BCUT2D eigenvalue weighted by molar-refractivity contribution is -0.156. The highest BCUT2D eigenvalue weighted by Crippen LogP contribution is 2.25. The Morgan fingerprint density at radius 1 is 1.33 bits per heavy atom. The first-order valence-corrected chi connectivity index (χ1v) is 8.02. The molecule has 0 spiro atoms. The fourth-order valence-electron chi connectivity index (χ4n) is 2.56. The van der Waals surface area contributed by atoms with Gasteiger partial charge in [0.05, 0.1) is 0 Å². The minimum Gasteiger partial charge on any atom is -0.342 e. The molecule has 1 aliphatic rings. The Morgan fingerprint density at radius 2 is 2.05 bits per heavy atom. The largest absolute Gasteiger partial charge is 0.342 e. The average Bonchev–Trinajstić information content (AvgIpc) is 2.42. The molecule has 1 saturated heterocycles. The molecular formula is C16H21BrN2O2. The molecule has 0 aliphatic carbocycles. The highest BCUT2D eigenvalue weighted by atomic mass is 79.9. The lowest BCUT2D eigenvalue weighted by atomic mass is 9.93. The first kappa shape index (κ1) is 16.0. The van der Waals surface area contributed by atoms with Gasteiger partial charge >= 0.3 is 0 Å². The van der Waals surface area contributed by atoms with E-state index >= 15 is 0 Å². The molecule has 1 N–H and O–H groups in total. The second kappa shape index (κ2) is 6.18. The highest BCUT2D eigenvalue weighted by Gasteiger charge is 2.45. The summed E-state index contributed by atoms with van der Waals surface area (Å²) in [6.07, 6.45) is 1.54. The van der Waals surface area contributed by atoms with E-state index in [1.54, 1.807) is 18.7 Å². The number of benzene rings is 1. The van der Waals surface area contributed by atoms with Crippen LogP contribution in [-0.4, -0.2) is 28.3 Å². The predicted octanol–water partition coefficient (Wildman–Crippen LogP) is 2.85. The number of hydrogen-bond acceptors (Lipinski definition) is 2. The molecule has 0 aromatic heterocycles. The van der Waals surface area contributed by atoms with Crippen LogP contribution in [0.1, 0.15) is 39.2 Å². The number of nitrogens with zero attached hydrogens (tertiary/aromatic N) is 1. The van der Waals surface area contributed by atoms with Gasteiger partial charge in [0.15, 0.2) is 0 Å². The van der Waals surface area contributed by atoms with E-state index in [0.29, 0.717) is 13.0 Å². The normalized spacial score (nSPS) is 21.3. The number of nitrogens with one attached hydrogen (secondary N) is 1. The first-order chi connectivity index (χ1) is 9.86. The number of carbonyl (C=O) groups excluding carboxylic acids is 2. The third-order valence-electron chi connectivity index (χ3n) is 3.91. The number of carbonyl (C=O) groups is 2. The SMILES string of the molecule is CCCC1NC(=O)C(C)(C)N(Cc2cccc(Br)c2)C1=O. The van der Waals surface area contributed by atoms with E-state index in [0.717, 1.165) is 16.5 Å². The zero-order valence-corrected chi connectivity index (χ0v) is 14.2. The molecule has 1 fully saturated rings. The lowest BCUT2D eigenvalue weighted by Gasteiger charge is -2.44. The minimum absolute atomic E-state index is 0.00132. The molecule has 4 nitrogen and oxygen atoms in total. The van der Waals surface area contributed by atoms with Crippen molar-refractivity contribution in [2.45, 2.75) is 51.7 Å². The summed E-state index contributed by atoms with van der Waals surface area (Å²) in [5, 5.41) is 2.85. The van der Waals surface area contributed by atoms with Crippen molar-refractivity contribution in [2.75, 3.05) is 0 Å². The zero-order chi connectivity index (χ0) is 15.6. The second-order valence-electron chi connectivity index (χ2n) is 5.93. The summed E-state index contributed by atoms with van der Waals surface area (Å²) in [5.74, 6) is -0.0861. The summed E-state index contributed by atoms with van der Waals surface area (Å²) >= 11 is 3.44. The van der Waals surface area contributed by atoms with Crippen LogP contribution < -0.4 is 5.32 Å². The maximum absolute atomic E-state index is 12.7. The molecule has 0 bridgehead atoms. The van der Waals surface area contributed by atoms with Crippen molar-refractivity contribution in [1.82, 2.24) is 10.2 Å². The van der Waals surface area contributed by atoms with E-state index in [2.05, 4.69) is 21.2 Å². The number of halogens is 1. The van der Waals surface area contributed by atoms with Crippen LogP contribution in [0.2, 0.25) is 0 Å². The Morgan fingerprint density at radius 3 is 2.67 bits per heavy atom. The van der Waals surface area contributed by atoms with Crippen molar-refractivity contribution in [2.24, 2.45) is 0 Å². The summed E-state index contributed by atoms with van der Waals surface area (Å²) in [5.41, 5.74) is 0.180. The lowest BCUT2D eigenvalue weighted by Crippen LogP contribution is -2.67. The quantitative estimate of drug-likeness (QED) is 0.905. The van der Waals surface area contributed by atoms with Crippen molar-refractivity contribution in [3.63, 3.8) is 0 Å². The van der Waals surface area contributed by atoms with Gasteiger partial charge in [-0.25, -0.2) is 0 Å². The van der Waals surface area contributed by atoms with Crippen molar-refractivity contribution in [1.29, 1.82) is 0 Å². The van der Waals surface area contributed by atoms with Crippen molar-refractivity contribution in [3.8, 4) is 0 Å². The summed E-state index contributed by atoms with van der Waals surface area (Å²) in [6.45, 7) is 6.04. The van der Waals surface area contributed by atoms with Crippen molar-refractivity contribution in [3.05, 3.63) is 34.3 Å². The molecule has 0 saturated carbocycles. The molecule has 1 heterocycles. The maximum Gasteiger partial charge on any atom is 0.246 e. The maximum atomic E-state index is 12.7. The fraction of sp³-hybridized carbons (Fsp3) is 0.500. The molecule has 1 aliphatic heterocycles. The van der Waals surface area contributed by atoms with Crippen LogP contribution in [0.3, 0.4) is 0 Å². The molecule has 1 unspecified atom stereocenters. The van der Waals surface area contributed by atoms with Gasteiger partial charge in [0, 0.05) is 11.0 Å². The van der Waals surface area contributed by atoms with Gasteiger partial charge in [-0.1, -0.05) is 41.4 Å². The van der Waals surface area contributed by atoms with Gasteiger partial charge in [0.25, 0.3) is 0 Å². The standard InChI is InChI=1S/C16H21BrN2O2/c1-4-6-13-14(20)19(16(2,3)15(21)18-13)10-11-7-5-8-12(17)9-11/h5,7-9,13H,4,6,10H2,1-3H3,(H,18,21). The topological polar surface area (TPSA) is 49.4 Å². The van der Waals surface area contributed by atoms with Gasteiger partial charge < -0.3 is 10.2 Å². The zero-order valence-electron chi connectivity index (χ0n) is 12.6. The predicted molar refractivity (Wildman–Crippen MR) is 85.6 cm³/mol. The summed E-state index contributed by atoms with van der Waals surface area (Å²) < 4.78 is 0.969. The molecule has 114 valence electrons. The van der Waals surface area contributed by atoms with Crippen LogP contribution in [-0.2, 0) is 16.1 Å². The molecule has 1 atom stereocenters. The van der Waals surface area contributed by atoms with Gasteiger partial charge in [-0.3, -0.25) is 9.59 Å². The van der Waals surface area contributed by atoms with Gasteiger partial charge in [0.1, 0.15) is 11.6 Å². The number of piperazine rings is 1. The summed E-state index contributed by atoms with van der Waals surface area (Å²) in [7, 11) is 0. The van der Waals surface area contributed by atoms with E-state index < -0.39 is 11.6 Å². The van der Waals surface area contributed by atoms with Crippen LogP contribution >= 0.6 is 15.9 Å². The van der Waals surface area contributed by atoms with Crippen LogP contribution in [0.5, 0.6) is 0 Å². The molecule has 1 aromatic rings. The van der Waals surface area contributed by atoms with Gasteiger partial charge in [0.2, 0.25) is 11.8 Å². The van der Waals surface area contributed by atoms with E-state index in [1.165, 1.54) is 0 Å². The average molecular weight is 353 g/mol. The molecule has 21 heavy (non-hydrogen) atoms. The highest BCUT2D eigenvalue weighted by molar-refractivity contribution is 9.10. The molecule has 0 radical (unpaired) electrons. The van der Waals surface area contributed by atoms with Crippen LogP contribution in [0.15, 0.2) is 28.7 Å². The van der Waals surface area contributed by atoms with Gasteiger partial charge in [-0.2, -0.15) is 0 Å². The number of rotatable bonds is 4. The van der Waals surface area contributed by atoms with Gasteiger partial charge in [-0.05, 0) is 38.0 Å². The Labute approximate surface area is 134 Å². The minimum atomic E-state index is -0.830. The number of amides is 2. The van der Waals surface area contributed by atoms with E-state index in [1.807, 2.05) is 31.2 Å². The van der Waals surface area contributed by atoms with E-state index in [4.69, 9.17) is 0 Å². The van der Waals surface area contributed by atoms with Crippen LogP contribution in [0.4, 0.5) is 0 Å². The fourth-order valence-corrected chi connectivity index (χ4v) is 3.01.